The van der Waals surface area contributed by atoms with Crippen LogP contribution in [0.2, 0.25) is 0 Å². The van der Waals surface area contributed by atoms with Gasteiger partial charge in [-0.15, -0.1) is 0 Å². The van der Waals surface area contributed by atoms with Crippen molar-refractivity contribution in [2.75, 3.05) is 53.1 Å². The Bertz CT molecular complexity index is 661. The Balaban J connectivity index is 1.58. The molecule has 0 N–H and O–H groups in total. The minimum atomic E-state index is 0.120. The molecule has 0 aromatic heterocycles. The van der Waals surface area contributed by atoms with Crippen LogP contribution in [-0.4, -0.2) is 68.8 Å². The summed E-state index contributed by atoms with van der Waals surface area (Å²) in [5, 5.41) is 0. The van der Waals surface area contributed by atoms with Gasteiger partial charge < -0.3 is 14.4 Å². The van der Waals surface area contributed by atoms with Crippen LogP contribution in [0.25, 0.3) is 0 Å². The number of hydrogen-bond acceptors (Lipinski definition) is 4. The molecule has 26 heavy (non-hydrogen) atoms. The van der Waals surface area contributed by atoms with Gasteiger partial charge in [0.25, 0.3) is 0 Å². The van der Waals surface area contributed by atoms with Crippen molar-refractivity contribution >= 4 is 5.91 Å². The number of methoxy groups -OCH3 is 1. The summed E-state index contributed by atoms with van der Waals surface area (Å²) in [6.45, 7) is 7.77. The first-order chi connectivity index (χ1) is 12.6. The number of carbonyl (C=O) groups is 1. The van der Waals surface area contributed by atoms with E-state index < -0.39 is 0 Å². The van der Waals surface area contributed by atoms with Gasteiger partial charge in [-0.2, -0.15) is 0 Å². The average Bonchev–Trinajstić information content (AvgIpc) is 2.97. The lowest BCUT2D eigenvalue weighted by Crippen LogP contribution is -2.46. The zero-order valence-corrected chi connectivity index (χ0v) is 16.0. The summed E-state index contributed by atoms with van der Waals surface area (Å²) in [5.41, 5.74) is 4.60. The summed E-state index contributed by atoms with van der Waals surface area (Å²) < 4.78 is 10.6. The van der Waals surface area contributed by atoms with Crippen LogP contribution in [0, 0.1) is 6.92 Å². The number of likely N-dealkylation sites (tertiary alicyclic amines) is 1. The van der Waals surface area contributed by atoms with E-state index in [1.807, 2.05) is 4.90 Å². The number of carbonyl (C=O) groups excluding carboxylic acids is 1. The highest BCUT2D eigenvalue weighted by Gasteiger charge is 2.47. The summed E-state index contributed by atoms with van der Waals surface area (Å²) in [6, 6.07) is 7.50. The molecule has 1 atom stereocenters. The quantitative estimate of drug-likeness (QED) is 0.831. The lowest BCUT2D eigenvalue weighted by molar-refractivity contribution is -0.136. The molecule has 2 saturated heterocycles. The number of ether oxygens (including phenoxy) is 2. The highest BCUT2D eigenvalue weighted by atomic mass is 16.5. The third-order valence-electron chi connectivity index (χ3n) is 6.55. The Kier molecular flexibility index (Phi) is 5.04. The first kappa shape index (κ1) is 18.0. The van der Waals surface area contributed by atoms with E-state index in [-0.39, 0.29) is 17.9 Å². The number of amides is 1. The molecule has 0 unspecified atom stereocenters. The van der Waals surface area contributed by atoms with E-state index in [2.05, 4.69) is 30.0 Å². The first-order valence-electron chi connectivity index (χ1n) is 9.82. The Morgan fingerprint density at radius 2 is 1.96 bits per heavy atom. The van der Waals surface area contributed by atoms with E-state index in [1.165, 1.54) is 23.1 Å². The van der Waals surface area contributed by atoms with Gasteiger partial charge in [0.15, 0.2) is 0 Å². The molecule has 2 fully saturated rings. The summed E-state index contributed by atoms with van der Waals surface area (Å²) in [5.74, 6) is 0.120. The highest BCUT2D eigenvalue weighted by Crippen LogP contribution is 2.53. The van der Waals surface area contributed by atoms with Gasteiger partial charge in [0.1, 0.15) is 6.61 Å². The van der Waals surface area contributed by atoms with E-state index in [0.29, 0.717) is 6.04 Å². The van der Waals surface area contributed by atoms with Gasteiger partial charge in [-0.1, -0.05) is 23.8 Å². The Morgan fingerprint density at radius 1 is 1.23 bits per heavy atom. The van der Waals surface area contributed by atoms with Gasteiger partial charge in [-0.05, 0) is 37.3 Å². The van der Waals surface area contributed by atoms with Gasteiger partial charge in [0.05, 0.1) is 13.2 Å². The lowest BCUT2D eigenvalue weighted by Gasteiger charge is -2.41. The predicted octanol–water partition coefficient (Wildman–Crippen LogP) is 2.28. The van der Waals surface area contributed by atoms with E-state index >= 15 is 0 Å². The molecule has 5 nitrogen and oxygen atoms in total. The number of piperidine rings is 1. The van der Waals surface area contributed by atoms with E-state index in [4.69, 9.17) is 9.47 Å². The van der Waals surface area contributed by atoms with Crippen molar-refractivity contribution in [2.24, 2.45) is 0 Å². The SMILES string of the molecule is COCC(=O)N1CCC2(CC1)C[C@H](N1CCOCC1)c1ccc(C)cc12. The molecule has 2 heterocycles. The summed E-state index contributed by atoms with van der Waals surface area (Å²) >= 11 is 0. The maximum Gasteiger partial charge on any atom is 0.248 e. The van der Waals surface area contributed by atoms with Crippen LogP contribution in [0.5, 0.6) is 0 Å². The van der Waals surface area contributed by atoms with Crippen molar-refractivity contribution < 1.29 is 14.3 Å². The normalized spacial score (nSPS) is 25.5. The lowest BCUT2D eigenvalue weighted by atomic mass is 9.73. The molecule has 5 heteroatoms. The zero-order chi connectivity index (χ0) is 18.1. The third-order valence-corrected chi connectivity index (χ3v) is 6.55. The maximum absolute atomic E-state index is 12.2. The van der Waals surface area contributed by atoms with Crippen molar-refractivity contribution in [3.63, 3.8) is 0 Å². The fourth-order valence-corrected chi connectivity index (χ4v) is 5.10. The second kappa shape index (κ2) is 7.29. The predicted molar refractivity (Wildman–Crippen MR) is 100 cm³/mol. The molecule has 0 saturated carbocycles. The molecule has 3 aliphatic rings. The second-order valence-electron chi connectivity index (χ2n) is 8.05. The summed E-state index contributed by atoms with van der Waals surface area (Å²) in [6.07, 6.45) is 3.29. The molecule has 1 spiro atoms. The highest BCUT2D eigenvalue weighted by molar-refractivity contribution is 5.77. The van der Waals surface area contributed by atoms with E-state index in [0.717, 1.165) is 52.2 Å². The number of nitrogens with zero attached hydrogens (tertiary/aromatic N) is 2. The molecule has 0 radical (unpaired) electrons. The van der Waals surface area contributed by atoms with Crippen LogP contribution in [-0.2, 0) is 19.7 Å². The van der Waals surface area contributed by atoms with Crippen molar-refractivity contribution in [1.29, 1.82) is 0 Å². The molecular weight excluding hydrogens is 328 g/mol. The van der Waals surface area contributed by atoms with Crippen molar-refractivity contribution in [2.45, 2.75) is 37.6 Å². The molecule has 1 aromatic carbocycles. The molecule has 2 aliphatic heterocycles. The van der Waals surface area contributed by atoms with Gasteiger partial charge in [-0.3, -0.25) is 9.69 Å². The fraction of sp³-hybridized carbons (Fsp3) is 0.667. The fourth-order valence-electron chi connectivity index (χ4n) is 5.10. The molecule has 142 valence electrons. The van der Waals surface area contributed by atoms with Crippen molar-refractivity contribution in [3.05, 3.63) is 34.9 Å². The van der Waals surface area contributed by atoms with Gasteiger partial charge >= 0.3 is 0 Å². The van der Waals surface area contributed by atoms with Gasteiger partial charge in [0.2, 0.25) is 5.91 Å². The minimum absolute atomic E-state index is 0.120. The number of morpholine rings is 1. The van der Waals surface area contributed by atoms with Crippen LogP contribution < -0.4 is 0 Å². The van der Waals surface area contributed by atoms with Gasteiger partial charge in [0, 0.05) is 44.7 Å². The van der Waals surface area contributed by atoms with Crippen molar-refractivity contribution in [3.8, 4) is 0 Å². The van der Waals surface area contributed by atoms with Crippen LogP contribution in [0.1, 0.15) is 42.0 Å². The average molecular weight is 358 g/mol. The van der Waals surface area contributed by atoms with E-state index in [9.17, 15) is 4.79 Å². The zero-order valence-electron chi connectivity index (χ0n) is 16.0. The number of aryl methyl sites for hydroxylation is 1. The van der Waals surface area contributed by atoms with Crippen LogP contribution in [0.4, 0.5) is 0 Å². The minimum Gasteiger partial charge on any atom is -0.379 e. The largest absolute Gasteiger partial charge is 0.379 e. The summed E-state index contributed by atoms with van der Waals surface area (Å²) in [7, 11) is 1.59. The molecular formula is C21H30N2O3. The maximum atomic E-state index is 12.2. The second-order valence-corrected chi connectivity index (χ2v) is 8.05. The Hall–Kier alpha value is -1.43. The third kappa shape index (κ3) is 3.17. The Morgan fingerprint density at radius 3 is 2.65 bits per heavy atom. The van der Waals surface area contributed by atoms with Crippen LogP contribution in [0.3, 0.4) is 0 Å². The van der Waals surface area contributed by atoms with Crippen LogP contribution in [0.15, 0.2) is 18.2 Å². The molecule has 4 rings (SSSR count). The van der Waals surface area contributed by atoms with Crippen LogP contribution >= 0.6 is 0 Å². The Labute approximate surface area is 156 Å². The molecule has 0 bridgehead atoms. The topological polar surface area (TPSA) is 42.0 Å². The molecule has 1 aromatic rings. The van der Waals surface area contributed by atoms with E-state index in [1.54, 1.807) is 7.11 Å². The summed E-state index contributed by atoms with van der Waals surface area (Å²) in [4.78, 5) is 16.8. The standard InChI is InChI=1S/C21H30N2O3/c1-16-3-4-17-18(13-16)21(14-19(17)22-9-11-26-12-10-22)5-7-23(8-6-21)20(24)15-25-2/h3-4,13,19H,5-12,14-15H2,1-2H3/t19-/m0/s1. The number of rotatable bonds is 3. The first-order valence-corrected chi connectivity index (χ1v) is 9.82. The molecule has 1 amide bonds. The number of hydrogen-bond donors (Lipinski definition) is 0. The molecule has 1 aliphatic carbocycles. The monoisotopic (exact) mass is 358 g/mol. The van der Waals surface area contributed by atoms with Crippen molar-refractivity contribution in [1.82, 2.24) is 9.80 Å². The number of fused-ring (bicyclic) bond motifs is 2. The van der Waals surface area contributed by atoms with Gasteiger partial charge in [-0.25, -0.2) is 0 Å². The number of benzene rings is 1. The smallest absolute Gasteiger partial charge is 0.248 e.